The number of benzene rings is 1. The minimum absolute atomic E-state index is 0.515. The molecule has 26 heavy (non-hydrogen) atoms. The summed E-state index contributed by atoms with van der Waals surface area (Å²) in [6.45, 7) is 0. The fourth-order valence-corrected chi connectivity index (χ4v) is 2.63. The summed E-state index contributed by atoms with van der Waals surface area (Å²) in [5, 5.41) is 9.25. The van der Waals surface area contributed by atoms with Crippen molar-refractivity contribution in [3.8, 4) is 35.5 Å². The van der Waals surface area contributed by atoms with Gasteiger partial charge in [0.25, 0.3) is 0 Å². The number of methoxy groups -OCH3 is 1. The molecule has 0 radical (unpaired) electrons. The van der Waals surface area contributed by atoms with Crippen molar-refractivity contribution in [1.29, 1.82) is 5.26 Å². The Morgan fingerprint density at radius 1 is 0.923 bits per heavy atom. The predicted molar refractivity (Wildman–Crippen MR) is 101 cm³/mol. The minimum Gasteiger partial charge on any atom is -0.497 e. The average molecular weight is 338 g/mol. The fourth-order valence-electron chi connectivity index (χ4n) is 2.63. The van der Waals surface area contributed by atoms with Crippen LogP contribution in [0.3, 0.4) is 0 Å². The maximum atomic E-state index is 9.25. The smallest absolute Gasteiger partial charge is 0.118 e. The molecular weight excluding hydrogens is 320 g/mol. The molecule has 1 aromatic carbocycles. The zero-order valence-corrected chi connectivity index (χ0v) is 14.7. The summed E-state index contributed by atoms with van der Waals surface area (Å²) in [6, 6.07) is 13.0. The van der Waals surface area contributed by atoms with Crippen LogP contribution in [0.5, 0.6) is 5.75 Å². The summed E-state index contributed by atoms with van der Waals surface area (Å²) < 4.78 is 5.14. The molecule has 3 heteroatoms. The molecule has 0 N–H and O–H groups in total. The quantitative estimate of drug-likeness (QED) is 0.732. The van der Waals surface area contributed by atoms with Crippen LogP contribution in [0.15, 0.2) is 48.0 Å². The maximum absolute atomic E-state index is 9.25. The molecule has 126 valence electrons. The molecule has 0 spiro atoms. The number of hydrogen-bond donors (Lipinski definition) is 0. The van der Waals surface area contributed by atoms with Gasteiger partial charge in [0.15, 0.2) is 0 Å². The number of hydrogen-bond acceptors (Lipinski definition) is 3. The van der Waals surface area contributed by atoms with E-state index in [4.69, 9.17) is 4.74 Å². The Labute approximate surface area is 154 Å². The van der Waals surface area contributed by atoms with E-state index in [1.807, 2.05) is 24.3 Å². The Bertz CT molecular complexity index is 987. The molecule has 1 heterocycles. The Hall–Kier alpha value is -3.48. The van der Waals surface area contributed by atoms with E-state index in [-0.39, 0.29) is 0 Å². The molecule has 0 bridgehead atoms. The SMILES string of the molecule is COc1ccc(C#Cc2cc(C#N)cc(C#CC3=CCCCC3)n2)cc1. The lowest BCUT2D eigenvalue weighted by Gasteiger charge is -2.05. The number of allylic oxidation sites excluding steroid dienone is 2. The third-order valence-corrected chi connectivity index (χ3v) is 4.02. The first kappa shape index (κ1) is 17.3. The fraction of sp³-hybridized carbons (Fsp3) is 0.217. The molecule has 1 aliphatic rings. The number of nitriles is 1. The molecule has 3 nitrogen and oxygen atoms in total. The number of nitrogens with zero attached hydrogens (tertiary/aromatic N) is 2. The Morgan fingerprint density at radius 2 is 1.65 bits per heavy atom. The highest BCUT2D eigenvalue weighted by molar-refractivity contribution is 5.48. The highest BCUT2D eigenvalue weighted by Crippen LogP contribution is 2.16. The van der Waals surface area contributed by atoms with Crippen molar-refractivity contribution < 1.29 is 4.74 Å². The van der Waals surface area contributed by atoms with Crippen LogP contribution in [0.4, 0.5) is 0 Å². The van der Waals surface area contributed by atoms with Crippen molar-refractivity contribution in [3.63, 3.8) is 0 Å². The lowest BCUT2D eigenvalue weighted by Crippen LogP contribution is -1.92. The van der Waals surface area contributed by atoms with Crippen molar-refractivity contribution in [2.24, 2.45) is 0 Å². The van der Waals surface area contributed by atoms with Crippen molar-refractivity contribution in [3.05, 3.63) is 70.6 Å². The van der Waals surface area contributed by atoms with E-state index in [1.165, 1.54) is 12.8 Å². The van der Waals surface area contributed by atoms with E-state index < -0.39 is 0 Å². The molecular formula is C23H18N2O. The molecule has 0 fully saturated rings. The van der Waals surface area contributed by atoms with E-state index >= 15 is 0 Å². The predicted octanol–water partition coefficient (Wildman–Crippen LogP) is 4.21. The maximum Gasteiger partial charge on any atom is 0.118 e. The Morgan fingerprint density at radius 3 is 2.27 bits per heavy atom. The topological polar surface area (TPSA) is 45.9 Å². The molecule has 0 saturated heterocycles. The zero-order chi connectivity index (χ0) is 18.2. The summed E-state index contributed by atoms with van der Waals surface area (Å²) in [4.78, 5) is 4.46. The van der Waals surface area contributed by atoms with Crippen LogP contribution in [-0.2, 0) is 0 Å². The van der Waals surface area contributed by atoms with Gasteiger partial charge in [-0.2, -0.15) is 5.26 Å². The van der Waals surface area contributed by atoms with Gasteiger partial charge in [0.05, 0.1) is 18.7 Å². The number of rotatable bonds is 1. The van der Waals surface area contributed by atoms with Gasteiger partial charge in [-0.05, 0) is 79.5 Å². The molecule has 0 aliphatic heterocycles. The second-order valence-electron chi connectivity index (χ2n) is 5.94. The molecule has 2 aromatic rings. The third-order valence-electron chi connectivity index (χ3n) is 4.02. The molecule has 0 saturated carbocycles. The van der Waals surface area contributed by atoms with E-state index in [1.54, 1.807) is 19.2 Å². The van der Waals surface area contributed by atoms with Gasteiger partial charge in [0.2, 0.25) is 0 Å². The van der Waals surface area contributed by atoms with E-state index in [0.717, 1.165) is 29.7 Å². The van der Waals surface area contributed by atoms with Gasteiger partial charge in [0.1, 0.15) is 17.1 Å². The standard InChI is InChI=1S/C23H18N2O/c1-26-23-13-9-19(10-14-23)8-12-22-16-20(17-24)15-21(25-22)11-7-18-5-3-2-4-6-18/h5,9-10,13-16H,2-4,6H2,1H3. The molecule has 0 atom stereocenters. The van der Waals surface area contributed by atoms with Crippen LogP contribution in [-0.4, -0.2) is 12.1 Å². The molecule has 3 rings (SSSR count). The Kier molecular flexibility index (Phi) is 5.72. The van der Waals surface area contributed by atoms with Crippen LogP contribution in [0.1, 0.15) is 48.2 Å². The largest absolute Gasteiger partial charge is 0.497 e. The summed E-state index contributed by atoms with van der Waals surface area (Å²) in [7, 11) is 1.63. The Balaban J connectivity index is 1.86. The van der Waals surface area contributed by atoms with E-state index in [0.29, 0.717) is 17.0 Å². The molecule has 0 unspecified atom stereocenters. The monoisotopic (exact) mass is 338 g/mol. The van der Waals surface area contributed by atoms with Crippen LogP contribution < -0.4 is 4.74 Å². The lowest BCUT2D eigenvalue weighted by atomic mass is 10.00. The van der Waals surface area contributed by atoms with Gasteiger partial charge >= 0.3 is 0 Å². The second kappa shape index (κ2) is 8.57. The summed E-state index contributed by atoms with van der Waals surface area (Å²) in [5.74, 6) is 13.1. The third kappa shape index (κ3) is 4.76. The summed E-state index contributed by atoms with van der Waals surface area (Å²) in [5.41, 5.74) is 3.65. The van der Waals surface area contributed by atoms with Crippen LogP contribution in [0.25, 0.3) is 0 Å². The van der Waals surface area contributed by atoms with Gasteiger partial charge in [-0.15, -0.1) is 0 Å². The number of pyridine rings is 1. The van der Waals surface area contributed by atoms with Gasteiger partial charge in [0, 0.05) is 5.56 Å². The first-order chi connectivity index (χ1) is 12.8. The second-order valence-corrected chi connectivity index (χ2v) is 5.94. The highest BCUT2D eigenvalue weighted by Gasteiger charge is 2.02. The van der Waals surface area contributed by atoms with Gasteiger partial charge in [-0.1, -0.05) is 17.9 Å². The van der Waals surface area contributed by atoms with Crippen LogP contribution in [0.2, 0.25) is 0 Å². The van der Waals surface area contributed by atoms with Gasteiger partial charge in [-0.3, -0.25) is 0 Å². The molecule has 0 amide bonds. The van der Waals surface area contributed by atoms with E-state index in [2.05, 4.69) is 40.8 Å². The van der Waals surface area contributed by atoms with Crippen molar-refractivity contribution in [2.75, 3.05) is 7.11 Å². The first-order valence-corrected chi connectivity index (χ1v) is 8.56. The summed E-state index contributed by atoms with van der Waals surface area (Å²) in [6.07, 6.45) is 6.72. The number of ether oxygens (including phenoxy) is 1. The van der Waals surface area contributed by atoms with Crippen molar-refractivity contribution >= 4 is 0 Å². The van der Waals surface area contributed by atoms with Crippen molar-refractivity contribution in [1.82, 2.24) is 4.98 Å². The normalized spacial score (nSPS) is 12.5. The van der Waals surface area contributed by atoms with Gasteiger partial charge in [-0.25, -0.2) is 4.98 Å². The zero-order valence-electron chi connectivity index (χ0n) is 14.7. The minimum atomic E-state index is 0.515. The first-order valence-electron chi connectivity index (χ1n) is 8.56. The lowest BCUT2D eigenvalue weighted by molar-refractivity contribution is 0.415. The molecule has 1 aliphatic carbocycles. The number of aromatic nitrogens is 1. The van der Waals surface area contributed by atoms with Crippen LogP contribution in [0, 0.1) is 35.0 Å². The summed E-state index contributed by atoms with van der Waals surface area (Å²) >= 11 is 0. The van der Waals surface area contributed by atoms with Gasteiger partial charge < -0.3 is 4.74 Å². The average Bonchev–Trinajstić information content (AvgIpc) is 2.71. The van der Waals surface area contributed by atoms with E-state index in [9.17, 15) is 5.26 Å². The van der Waals surface area contributed by atoms with Crippen molar-refractivity contribution in [2.45, 2.75) is 25.7 Å². The van der Waals surface area contributed by atoms with Crippen LogP contribution >= 0.6 is 0 Å². The molecule has 1 aromatic heterocycles. The highest BCUT2D eigenvalue weighted by atomic mass is 16.5.